The summed E-state index contributed by atoms with van der Waals surface area (Å²) in [6, 6.07) is 0. The molecule has 0 fully saturated rings. The fraction of sp³-hybridized carbons (Fsp3) is 1.00. The lowest BCUT2D eigenvalue weighted by Crippen LogP contribution is -2.01. The van der Waals surface area contributed by atoms with E-state index in [4.69, 9.17) is 11.0 Å². The Morgan fingerprint density at radius 1 is 1.40 bits per heavy atom. The minimum Gasteiger partial charge on any atom is -0.277 e. The monoisotopic (exact) mass is 200 g/mol. The zero-order chi connectivity index (χ0) is 8.04. The fourth-order valence-corrected chi connectivity index (χ4v) is 3.25. The molecule has 0 aliphatic carbocycles. The average Bonchev–Trinajstić information content (AvgIpc) is 1.78. The molecule has 6 heteroatoms. The average molecular weight is 200 g/mol. The predicted octanol–water partition coefficient (Wildman–Crippen LogP) is 1.50. The van der Waals surface area contributed by atoms with Crippen LogP contribution in [0.5, 0.6) is 0 Å². The van der Waals surface area contributed by atoms with Crippen LogP contribution in [0.2, 0.25) is 0 Å². The Bertz CT molecular complexity index is 126. The molecule has 0 bridgehead atoms. The zero-order valence-electron chi connectivity index (χ0n) is 5.95. The van der Waals surface area contributed by atoms with Crippen molar-refractivity contribution in [2.24, 2.45) is 11.0 Å². The first kappa shape index (κ1) is 10.8. The third-order valence-electron chi connectivity index (χ3n) is 0.725. The Labute approximate surface area is 69.9 Å². The van der Waals surface area contributed by atoms with Crippen LogP contribution >= 0.6 is 29.8 Å². The zero-order valence-corrected chi connectivity index (χ0v) is 8.48. The van der Waals surface area contributed by atoms with Crippen LogP contribution in [0.3, 0.4) is 0 Å². The molecule has 0 atom stereocenters. The minimum atomic E-state index is -2.80. The van der Waals surface area contributed by atoms with E-state index in [-0.39, 0.29) is 0 Å². The van der Waals surface area contributed by atoms with Crippen LogP contribution in [-0.4, -0.2) is 17.3 Å². The van der Waals surface area contributed by atoms with Gasteiger partial charge in [0.15, 0.2) is 0 Å². The minimum absolute atomic E-state index is 0.781. The van der Waals surface area contributed by atoms with Gasteiger partial charge in [-0.15, -0.1) is 0 Å². The second-order valence-corrected chi connectivity index (χ2v) is 7.51. The summed E-state index contributed by atoms with van der Waals surface area (Å²) in [5.74, 6) is 2.84. The normalized spacial score (nSPS) is 11.9. The molecule has 0 spiro atoms. The predicted molar refractivity (Wildman–Crippen MR) is 51.4 cm³/mol. The third kappa shape index (κ3) is 8.85. The molecule has 0 aromatic carbocycles. The van der Waals surface area contributed by atoms with Gasteiger partial charge in [-0.2, -0.15) is 11.8 Å². The topological polar surface area (TPSA) is 69.1 Å². The van der Waals surface area contributed by atoms with Crippen molar-refractivity contribution >= 4 is 29.8 Å². The molecule has 0 heterocycles. The molecule has 3 nitrogen and oxygen atoms in total. The second kappa shape index (κ2) is 5.49. The van der Waals surface area contributed by atoms with Gasteiger partial charge in [-0.1, -0.05) is 18.3 Å². The van der Waals surface area contributed by atoms with Crippen molar-refractivity contribution in [3.8, 4) is 0 Å². The van der Waals surface area contributed by atoms with E-state index < -0.39 is 6.65 Å². The van der Waals surface area contributed by atoms with Gasteiger partial charge in [-0.3, -0.25) is 15.6 Å². The number of thioether (sulfide) groups is 1. The Kier molecular flexibility index (Phi) is 5.96. The fourth-order valence-electron chi connectivity index (χ4n) is 0.383. The summed E-state index contributed by atoms with van der Waals surface area (Å²) >= 11 is 2.96. The highest BCUT2D eigenvalue weighted by Gasteiger charge is 2.06. The molecule has 0 aromatic heterocycles. The summed E-state index contributed by atoms with van der Waals surface area (Å²) in [4.78, 5) is 0. The molecule has 0 amide bonds. The molecule has 10 heavy (non-hydrogen) atoms. The lowest BCUT2D eigenvalue weighted by Gasteiger charge is -2.03. The number of hydrogen-bond acceptors (Lipinski definition) is 3. The molecular weight excluding hydrogens is 187 g/mol. The van der Waals surface area contributed by atoms with Gasteiger partial charge < -0.3 is 0 Å². The van der Waals surface area contributed by atoms with E-state index >= 15 is 0 Å². The molecule has 0 aromatic rings. The molecule has 0 saturated carbocycles. The molecule has 0 unspecified atom stereocenters. The van der Waals surface area contributed by atoms with Crippen LogP contribution in [0.1, 0.15) is 6.92 Å². The second-order valence-electron chi connectivity index (χ2n) is 1.68. The van der Waals surface area contributed by atoms with Crippen LogP contribution in [0.15, 0.2) is 0 Å². The first-order chi connectivity index (χ1) is 4.56. The first-order valence-corrected chi connectivity index (χ1v) is 7.55. The van der Waals surface area contributed by atoms with Crippen LogP contribution in [0.25, 0.3) is 0 Å². The van der Waals surface area contributed by atoms with Crippen molar-refractivity contribution in [2.45, 2.75) is 6.92 Å². The van der Waals surface area contributed by atoms with Crippen LogP contribution < -0.4 is 11.0 Å². The van der Waals surface area contributed by atoms with Crippen LogP contribution in [-0.2, 0) is 4.57 Å². The van der Waals surface area contributed by atoms with E-state index in [1.807, 2.05) is 0 Å². The maximum atomic E-state index is 10.7. The van der Waals surface area contributed by atoms with Crippen molar-refractivity contribution in [1.29, 1.82) is 0 Å². The highest BCUT2D eigenvalue weighted by molar-refractivity contribution is 8.56. The maximum Gasteiger partial charge on any atom is 0.261 e. The first-order valence-electron chi connectivity index (χ1n) is 2.95. The SMILES string of the molecule is CCSCCSP(N)(N)=O. The van der Waals surface area contributed by atoms with E-state index in [1.165, 1.54) is 0 Å². The smallest absolute Gasteiger partial charge is 0.261 e. The van der Waals surface area contributed by atoms with Crippen LogP contribution in [0, 0.1) is 0 Å². The highest BCUT2D eigenvalue weighted by Crippen LogP contribution is 2.42. The lowest BCUT2D eigenvalue weighted by atomic mass is 10.9. The standard InChI is InChI=1S/C4H13N2OPS2/c1-2-9-3-4-10-8(5,6)7/h2-4H2,1H3,(H4,5,6,7). The number of rotatable bonds is 5. The van der Waals surface area contributed by atoms with Crippen molar-refractivity contribution in [3.05, 3.63) is 0 Å². The quantitative estimate of drug-likeness (QED) is 0.520. The highest BCUT2D eigenvalue weighted by atomic mass is 32.7. The van der Waals surface area contributed by atoms with Gasteiger partial charge in [0.05, 0.1) is 0 Å². The molecule has 62 valence electrons. The molecule has 0 aliphatic heterocycles. The maximum absolute atomic E-state index is 10.7. The molecule has 0 rings (SSSR count). The molecule has 0 radical (unpaired) electrons. The Hall–Kier alpha value is 0.850. The van der Waals surface area contributed by atoms with E-state index in [0.717, 1.165) is 28.6 Å². The van der Waals surface area contributed by atoms with Gasteiger partial charge in [0.2, 0.25) is 0 Å². The van der Waals surface area contributed by atoms with Gasteiger partial charge in [-0.25, -0.2) is 0 Å². The Balaban J connectivity index is 3.13. The Morgan fingerprint density at radius 3 is 2.40 bits per heavy atom. The largest absolute Gasteiger partial charge is 0.277 e. The van der Waals surface area contributed by atoms with Crippen molar-refractivity contribution in [1.82, 2.24) is 0 Å². The Morgan fingerprint density at radius 2 is 2.00 bits per heavy atom. The summed E-state index contributed by atoms with van der Waals surface area (Å²) in [6.07, 6.45) is 0. The van der Waals surface area contributed by atoms with Gasteiger partial charge in [-0.05, 0) is 5.75 Å². The summed E-state index contributed by atoms with van der Waals surface area (Å²) in [5.41, 5.74) is 10.2. The van der Waals surface area contributed by atoms with Gasteiger partial charge in [0, 0.05) is 11.5 Å². The van der Waals surface area contributed by atoms with Crippen LogP contribution in [0.4, 0.5) is 0 Å². The van der Waals surface area contributed by atoms with Gasteiger partial charge in [0.1, 0.15) is 0 Å². The lowest BCUT2D eigenvalue weighted by molar-refractivity contribution is 0.587. The van der Waals surface area contributed by atoms with E-state index in [0.29, 0.717) is 0 Å². The summed E-state index contributed by atoms with van der Waals surface area (Å²) in [7, 11) is 0. The van der Waals surface area contributed by atoms with E-state index in [9.17, 15) is 4.57 Å². The van der Waals surface area contributed by atoms with E-state index in [2.05, 4.69) is 6.92 Å². The summed E-state index contributed by atoms with van der Waals surface area (Å²) < 4.78 is 10.7. The summed E-state index contributed by atoms with van der Waals surface area (Å²) in [5, 5.41) is 0. The van der Waals surface area contributed by atoms with Gasteiger partial charge >= 0.3 is 0 Å². The van der Waals surface area contributed by atoms with Gasteiger partial charge in [0.25, 0.3) is 6.65 Å². The number of hydrogen-bond donors (Lipinski definition) is 2. The van der Waals surface area contributed by atoms with Crippen molar-refractivity contribution in [3.63, 3.8) is 0 Å². The number of nitrogens with two attached hydrogens (primary N) is 2. The third-order valence-corrected chi connectivity index (χ3v) is 4.43. The van der Waals surface area contributed by atoms with Crippen molar-refractivity contribution < 1.29 is 4.57 Å². The molecule has 0 aliphatic rings. The molecule has 4 N–H and O–H groups in total. The van der Waals surface area contributed by atoms with Crippen molar-refractivity contribution in [2.75, 3.05) is 17.3 Å². The van der Waals surface area contributed by atoms with E-state index in [1.54, 1.807) is 11.8 Å². The molecular formula is C4H13N2OPS2. The summed E-state index contributed by atoms with van der Waals surface area (Å²) in [6.45, 7) is -0.719. The molecule has 0 saturated heterocycles.